The number of rotatable bonds is 3. The summed E-state index contributed by atoms with van der Waals surface area (Å²) in [4.78, 5) is 7.98. The Balaban J connectivity index is 1.90. The van der Waals surface area contributed by atoms with Gasteiger partial charge in [0.1, 0.15) is 11.6 Å². The van der Waals surface area contributed by atoms with Crippen molar-refractivity contribution < 1.29 is 4.74 Å². The number of imidazole rings is 1. The van der Waals surface area contributed by atoms with Crippen LogP contribution < -0.4 is 4.74 Å². The molecule has 0 aliphatic rings. The number of nitrogens with zero attached hydrogens (tertiary/aromatic N) is 1. The molecule has 0 aliphatic carbocycles. The van der Waals surface area contributed by atoms with Crippen LogP contribution in [0.15, 0.2) is 42.5 Å². The monoisotopic (exact) mass is 266 g/mol. The van der Waals surface area contributed by atoms with Crippen LogP contribution in [0.4, 0.5) is 0 Å². The lowest BCUT2D eigenvalue weighted by molar-refractivity contribution is 0.218. The second kappa shape index (κ2) is 5.00. The lowest BCUT2D eigenvalue weighted by Crippen LogP contribution is -2.04. The molecule has 3 aromatic rings. The summed E-state index contributed by atoms with van der Waals surface area (Å²) >= 11 is 0. The van der Waals surface area contributed by atoms with Crippen LogP contribution in [0.25, 0.3) is 11.0 Å². The highest BCUT2D eigenvalue weighted by atomic mass is 16.5. The third-order valence-electron chi connectivity index (χ3n) is 3.56. The van der Waals surface area contributed by atoms with E-state index in [2.05, 4.69) is 35.9 Å². The highest BCUT2D eigenvalue weighted by Crippen LogP contribution is 2.23. The number of para-hydroxylation sites is 1. The SMILES string of the molecule is Cc1cc2nc([C@H](C)Oc3ccccc3)[nH]c2cc1C. The molecule has 0 amide bonds. The maximum Gasteiger partial charge on any atom is 0.153 e. The molecule has 3 rings (SSSR count). The highest BCUT2D eigenvalue weighted by molar-refractivity contribution is 5.77. The molecular formula is C17H18N2O. The molecule has 0 saturated heterocycles. The van der Waals surface area contributed by atoms with E-state index < -0.39 is 0 Å². The minimum Gasteiger partial charge on any atom is -0.483 e. The zero-order valence-electron chi connectivity index (χ0n) is 12.0. The lowest BCUT2D eigenvalue weighted by atomic mass is 10.1. The van der Waals surface area contributed by atoms with Crippen molar-refractivity contribution in [1.29, 1.82) is 0 Å². The maximum absolute atomic E-state index is 5.90. The van der Waals surface area contributed by atoms with E-state index in [1.165, 1.54) is 11.1 Å². The van der Waals surface area contributed by atoms with E-state index in [1.807, 2.05) is 37.3 Å². The fourth-order valence-corrected chi connectivity index (χ4v) is 2.24. The van der Waals surface area contributed by atoms with Gasteiger partial charge in [0, 0.05) is 0 Å². The van der Waals surface area contributed by atoms with E-state index in [-0.39, 0.29) is 6.10 Å². The van der Waals surface area contributed by atoms with Crippen LogP contribution in [0.5, 0.6) is 5.75 Å². The van der Waals surface area contributed by atoms with Crippen LogP contribution >= 0.6 is 0 Å². The molecule has 3 nitrogen and oxygen atoms in total. The molecule has 20 heavy (non-hydrogen) atoms. The van der Waals surface area contributed by atoms with Crippen molar-refractivity contribution in [2.24, 2.45) is 0 Å². The van der Waals surface area contributed by atoms with Crippen molar-refractivity contribution in [3.8, 4) is 5.75 Å². The number of aromatic amines is 1. The lowest BCUT2D eigenvalue weighted by Gasteiger charge is -2.11. The molecule has 0 aliphatic heterocycles. The largest absolute Gasteiger partial charge is 0.483 e. The Morgan fingerprint density at radius 2 is 1.75 bits per heavy atom. The zero-order chi connectivity index (χ0) is 14.1. The Bertz CT molecular complexity index is 692. The molecule has 0 spiro atoms. The fourth-order valence-electron chi connectivity index (χ4n) is 2.24. The summed E-state index contributed by atoms with van der Waals surface area (Å²) in [5, 5.41) is 0. The average Bonchev–Trinajstić information content (AvgIpc) is 2.83. The van der Waals surface area contributed by atoms with Gasteiger partial charge in [0.05, 0.1) is 11.0 Å². The van der Waals surface area contributed by atoms with Crippen LogP contribution in [0.3, 0.4) is 0 Å². The smallest absolute Gasteiger partial charge is 0.153 e. The third kappa shape index (κ3) is 2.39. The van der Waals surface area contributed by atoms with E-state index in [1.54, 1.807) is 0 Å². The summed E-state index contributed by atoms with van der Waals surface area (Å²) in [6, 6.07) is 14.1. The molecule has 1 N–H and O–H groups in total. The Hall–Kier alpha value is -2.29. The molecule has 0 saturated carbocycles. The second-order valence-corrected chi connectivity index (χ2v) is 5.15. The van der Waals surface area contributed by atoms with Crippen LogP contribution in [0.2, 0.25) is 0 Å². The number of hydrogen-bond acceptors (Lipinski definition) is 2. The van der Waals surface area contributed by atoms with E-state index in [9.17, 15) is 0 Å². The second-order valence-electron chi connectivity index (χ2n) is 5.15. The first-order chi connectivity index (χ1) is 9.63. The minimum absolute atomic E-state index is 0.106. The van der Waals surface area contributed by atoms with E-state index >= 15 is 0 Å². The molecule has 3 heteroatoms. The number of fused-ring (bicyclic) bond motifs is 1. The summed E-state index contributed by atoms with van der Waals surface area (Å²) in [7, 11) is 0. The van der Waals surface area contributed by atoms with Gasteiger partial charge in [-0.15, -0.1) is 0 Å². The zero-order valence-corrected chi connectivity index (χ0v) is 12.0. The van der Waals surface area contributed by atoms with Crippen molar-refractivity contribution in [1.82, 2.24) is 9.97 Å². The summed E-state index contributed by atoms with van der Waals surface area (Å²) in [6.45, 7) is 6.22. The predicted octanol–water partition coefficient (Wildman–Crippen LogP) is 4.32. The number of ether oxygens (including phenoxy) is 1. The highest BCUT2D eigenvalue weighted by Gasteiger charge is 2.13. The average molecular weight is 266 g/mol. The molecular weight excluding hydrogens is 248 g/mol. The van der Waals surface area contributed by atoms with Crippen LogP contribution in [-0.4, -0.2) is 9.97 Å². The van der Waals surface area contributed by atoms with Crippen molar-refractivity contribution in [2.75, 3.05) is 0 Å². The van der Waals surface area contributed by atoms with E-state index in [4.69, 9.17) is 4.74 Å². The number of aryl methyl sites for hydroxylation is 2. The Morgan fingerprint density at radius 1 is 1.05 bits per heavy atom. The van der Waals surface area contributed by atoms with E-state index in [0.717, 1.165) is 22.6 Å². The summed E-state index contributed by atoms with van der Waals surface area (Å²) in [6.07, 6.45) is -0.106. The van der Waals surface area contributed by atoms with Gasteiger partial charge in [0.15, 0.2) is 6.10 Å². The summed E-state index contributed by atoms with van der Waals surface area (Å²) in [5.41, 5.74) is 4.58. The molecule has 1 aromatic heterocycles. The van der Waals surface area contributed by atoms with Crippen LogP contribution in [0.1, 0.15) is 30.0 Å². The van der Waals surface area contributed by atoms with Crippen molar-refractivity contribution in [2.45, 2.75) is 26.9 Å². The summed E-state index contributed by atoms with van der Waals surface area (Å²) < 4.78 is 5.90. The molecule has 2 aromatic carbocycles. The Kier molecular flexibility index (Phi) is 3.18. The fraction of sp³-hybridized carbons (Fsp3) is 0.235. The molecule has 1 heterocycles. The van der Waals surface area contributed by atoms with Gasteiger partial charge >= 0.3 is 0 Å². The van der Waals surface area contributed by atoms with Gasteiger partial charge in [0.2, 0.25) is 0 Å². The first kappa shape index (κ1) is 12.7. The van der Waals surface area contributed by atoms with E-state index in [0.29, 0.717) is 0 Å². The van der Waals surface area contributed by atoms with Gasteiger partial charge < -0.3 is 9.72 Å². The first-order valence-corrected chi connectivity index (χ1v) is 6.82. The van der Waals surface area contributed by atoms with Gasteiger partial charge in [0.25, 0.3) is 0 Å². The van der Waals surface area contributed by atoms with Gasteiger partial charge in [-0.05, 0) is 56.2 Å². The maximum atomic E-state index is 5.90. The van der Waals surface area contributed by atoms with Crippen LogP contribution in [-0.2, 0) is 0 Å². The number of H-pyrrole nitrogens is 1. The van der Waals surface area contributed by atoms with Crippen molar-refractivity contribution in [3.05, 3.63) is 59.4 Å². The summed E-state index contributed by atoms with van der Waals surface area (Å²) in [5.74, 6) is 1.71. The van der Waals surface area contributed by atoms with Gasteiger partial charge in [-0.1, -0.05) is 18.2 Å². The quantitative estimate of drug-likeness (QED) is 0.766. The van der Waals surface area contributed by atoms with Crippen molar-refractivity contribution >= 4 is 11.0 Å². The van der Waals surface area contributed by atoms with Gasteiger partial charge in [-0.2, -0.15) is 0 Å². The number of benzene rings is 2. The normalized spacial score (nSPS) is 12.6. The minimum atomic E-state index is -0.106. The predicted molar refractivity (Wildman–Crippen MR) is 81.1 cm³/mol. The van der Waals surface area contributed by atoms with Gasteiger partial charge in [-0.25, -0.2) is 4.98 Å². The third-order valence-corrected chi connectivity index (χ3v) is 3.56. The van der Waals surface area contributed by atoms with Crippen LogP contribution in [0, 0.1) is 13.8 Å². The molecule has 0 fully saturated rings. The number of hydrogen-bond donors (Lipinski definition) is 1. The first-order valence-electron chi connectivity index (χ1n) is 6.82. The Morgan fingerprint density at radius 3 is 2.50 bits per heavy atom. The molecule has 0 unspecified atom stereocenters. The molecule has 1 atom stereocenters. The Labute approximate surface area is 118 Å². The molecule has 102 valence electrons. The van der Waals surface area contributed by atoms with Crippen molar-refractivity contribution in [3.63, 3.8) is 0 Å². The van der Waals surface area contributed by atoms with Gasteiger partial charge in [-0.3, -0.25) is 0 Å². The number of aromatic nitrogens is 2. The molecule has 0 radical (unpaired) electrons. The standard InChI is InChI=1S/C17H18N2O/c1-11-9-15-16(10-12(11)2)19-17(18-15)13(3)20-14-7-5-4-6-8-14/h4-10,13H,1-3H3,(H,18,19)/t13-/m0/s1. The molecule has 0 bridgehead atoms. The number of nitrogens with one attached hydrogen (secondary N) is 1. The topological polar surface area (TPSA) is 37.9 Å².